The van der Waals surface area contributed by atoms with Crippen LogP contribution in [0, 0.1) is 0 Å². The molecule has 4 rings (SSSR count). The number of thioether (sulfide) groups is 1. The van der Waals surface area contributed by atoms with E-state index in [4.69, 9.17) is 0 Å². The second kappa shape index (κ2) is 9.89. The van der Waals surface area contributed by atoms with Gasteiger partial charge in [-0.2, -0.15) is 13.2 Å². The van der Waals surface area contributed by atoms with Gasteiger partial charge in [-0.3, -0.25) is 9.59 Å². The smallest absolute Gasteiger partial charge is 0.378 e. The topological polar surface area (TPSA) is 52.7 Å². The molecule has 36 heavy (non-hydrogen) atoms. The number of hydrogen-bond acceptors (Lipinski definition) is 4. The molecule has 0 bridgehead atoms. The molecule has 5 nitrogen and oxygen atoms in total. The number of anilines is 2. The Kier molecular flexibility index (Phi) is 7.04. The van der Waals surface area contributed by atoms with Crippen LogP contribution >= 0.6 is 11.8 Å². The van der Waals surface area contributed by atoms with Crippen molar-refractivity contribution in [3.8, 4) is 0 Å². The third-order valence-corrected chi connectivity index (χ3v) is 7.59. The average molecular weight is 514 g/mol. The van der Waals surface area contributed by atoms with Crippen LogP contribution in [-0.2, 0) is 17.5 Å². The number of amides is 2. The maximum atomic E-state index is 13.7. The highest BCUT2D eigenvalue weighted by Crippen LogP contribution is 2.37. The monoisotopic (exact) mass is 513 g/mol. The molecule has 2 amide bonds. The van der Waals surface area contributed by atoms with Gasteiger partial charge in [0.05, 0.1) is 11.1 Å². The van der Waals surface area contributed by atoms with Crippen molar-refractivity contribution in [1.82, 2.24) is 4.90 Å². The number of fused-ring (bicyclic) bond motifs is 1. The molecule has 1 atom stereocenters. The van der Waals surface area contributed by atoms with Crippen LogP contribution in [0.2, 0.25) is 0 Å². The molecule has 0 spiro atoms. The molecule has 1 unspecified atom stereocenters. The van der Waals surface area contributed by atoms with Gasteiger partial charge in [-0.1, -0.05) is 24.3 Å². The van der Waals surface area contributed by atoms with E-state index in [1.54, 1.807) is 31.2 Å². The van der Waals surface area contributed by atoms with Crippen LogP contribution in [0.15, 0.2) is 77.7 Å². The number of nitrogens with one attached hydrogen (secondary N) is 1. The van der Waals surface area contributed by atoms with Crippen molar-refractivity contribution in [2.24, 2.45) is 0 Å². The number of hydrogen-bond donors (Lipinski definition) is 1. The number of carbonyl (C=O) groups excluding carboxylic acids is 2. The Morgan fingerprint density at radius 3 is 2.28 bits per heavy atom. The number of rotatable bonds is 5. The van der Waals surface area contributed by atoms with E-state index in [1.807, 2.05) is 43.3 Å². The van der Waals surface area contributed by atoms with Gasteiger partial charge >= 0.3 is 6.18 Å². The van der Waals surface area contributed by atoms with Crippen LogP contribution in [0.3, 0.4) is 0 Å². The molecule has 0 saturated heterocycles. The zero-order valence-corrected chi connectivity index (χ0v) is 20.9. The van der Waals surface area contributed by atoms with E-state index in [0.717, 1.165) is 22.7 Å². The fraction of sp³-hybridized carbons (Fsp3) is 0.259. The first-order valence-corrected chi connectivity index (χ1v) is 12.3. The Morgan fingerprint density at radius 1 is 1.03 bits per heavy atom. The lowest BCUT2D eigenvalue weighted by molar-refractivity contribution is -0.137. The predicted molar refractivity (Wildman–Crippen MR) is 136 cm³/mol. The Labute approximate surface area is 212 Å². The summed E-state index contributed by atoms with van der Waals surface area (Å²) >= 11 is 1.41. The van der Waals surface area contributed by atoms with Gasteiger partial charge in [0.1, 0.15) is 5.54 Å². The summed E-state index contributed by atoms with van der Waals surface area (Å²) in [5.74, 6) is -0.449. The minimum absolute atomic E-state index is 0.0185. The minimum atomic E-state index is -4.46. The fourth-order valence-electron chi connectivity index (χ4n) is 3.96. The summed E-state index contributed by atoms with van der Waals surface area (Å²) in [6, 6.07) is 19.1. The molecule has 0 aromatic heterocycles. The van der Waals surface area contributed by atoms with E-state index in [0.29, 0.717) is 16.8 Å². The van der Waals surface area contributed by atoms with Crippen molar-refractivity contribution >= 4 is 35.0 Å². The van der Waals surface area contributed by atoms with Crippen LogP contribution in [0.25, 0.3) is 0 Å². The summed E-state index contributed by atoms with van der Waals surface area (Å²) in [5, 5.41) is 2.92. The van der Waals surface area contributed by atoms with Crippen LogP contribution in [0.1, 0.15) is 28.4 Å². The van der Waals surface area contributed by atoms with Crippen molar-refractivity contribution in [2.75, 3.05) is 30.1 Å². The van der Waals surface area contributed by atoms with E-state index < -0.39 is 17.3 Å². The number of halogens is 3. The first-order valence-electron chi connectivity index (χ1n) is 11.3. The molecule has 1 aliphatic rings. The third-order valence-electron chi connectivity index (χ3n) is 6.22. The first kappa shape index (κ1) is 25.6. The molecule has 9 heteroatoms. The van der Waals surface area contributed by atoms with Crippen molar-refractivity contribution < 1.29 is 22.8 Å². The van der Waals surface area contributed by atoms with Gasteiger partial charge in [-0.15, -0.1) is 11.8 Å². The van der Waals surface area contributed by atoms with Gasteiger partial charge < -0.3 is 15.1 Å². The molecule has 0 saturated carbocycles. The molecule has 188 valence electrons. The molecule has 1 heterocycles. The van der Waals surface area contributed by atoms with Crippen molar-refractivity contribution in [2.45, 2.75) is 30.1 Å². The second-order valence-corrected chi connectivity index (χ2v) is 10.1. The molecule has 0 radical (unpaired) electrons. The number of nitrogens with zero attached hydrogens (tertiary/aromatic N) is 2. The number of alkyl halides is 3. The minimum Gasteiger partial charge on any atom is -0.378 e. The zero-order chi connectivity index (χ0) is 26.1. The lowest BCUT2D eigenvalue weighted by Gasteiger charge is -2.38. The van der Waals surface area contributed by atoms with Crippen LogP contribution < -0.4 is 10.2 Å². The van der Waals surface area contributed by atoms with Crippen molar-refractivity contribution in [1.29, 1.82) is 0 Å². The second-order valence-electron chi connectivity index (χ2n) is 9.04. The maximum absolute atomic E-state index is 13.7. The van der Waals surface area contributed by atoms with E-state index in [9.17, 15) is 22.8 Å². The fourth-order valence-corrected chi connectivity index (χ4v) is 5.17. The Hall–Kier alpha value is -3.46. The van der Waals surface area contributed by atoms with Crippen LogP contribution in [0.4, 0.5) is 24.5 Å². The molecule has 3 aromatic carbocycles. The molecule has 3 aromatic rings. The molecular weight excluding hydrogens is 487 g/mol. The number of benzene rings is 3. The maximum Gasteiger partial charge on any atom is 0.416 e. The molecule has 0 aliphatic carbocycles. The van der Waals surface area contributed by atoms with Gasteiger partial charge in [0.25, 0.3) is 11.8 Å². The first-order chi connectivity index (χ1) is 17.0. The quantitative estimate of drug-likeness (QED) is 0.461. The number of carbonyl (C=O) groups is 2. The SMILES string of the molecule is CN(C)c1ccc(NC(=O)C2(C)CSc3ccccc3C(=O)N2Cc2ccc(C(F)(F)F)cc2)cc1. The summed E-state index contributed by atoms with van der Waals surface area (Å²) in [5.41, 5.74) is 0.468. The lowest BCUT2D eigenvalue weighted by atomic mass is 9.97. The van der Waals surface area contributed by atoms with Gasteiger partial charge in [0, 0.05) is 42.7 Å². The Bertz CT molecular complexity index is 1260. The summed E-state index contributed by atoms with van der Waals surface area (Å²) in [6.07, 6.45) is -4.46. The highest BCUT2D eigenvalue weighted by molar-refractivity contribution is 7.99. The summed E-state index contributed by atoms with van der Waals surface area (Å²) in [4.78, 5) is 31.5. The van der Waals surface area contributed by atoms with Gasteiger partial charge in [-0.05, 0) is 61.0 Å². The van der Waals surface area contributed by atoms with E-state index in [2.05, 4.69) is 5.32 Å². The largest absolute Gasteiger partial charge is 0.416 e. The zero-order valence-electron chi connectivity index (χ0n) is 20.1. The average Bonchev–Trinajstić information content (AvgIpc) is 2.95. The molecular formula is C27H26F3N3O2S. The van der Waals surface area contributed by atoms with Crippen LogP contribution in [0.5, 0.6) is 0 Å². The molecule has 1 aliphatic heterocycles. The summed E-state index contributed by atoms with van der Waals surface area (Å²) < 4.78 is 39.1. The van der Waals surface area contributed by atoms with Crippen molar-refractivity contribution in [3.05, 3.63) is 89.5 Å². The molecule has 1 N–H and O–H groups in total. The Morgan fingerprint density at radius 2 is 1.67 bits per heavy atom. The van der Waals surface area contributed by atoms with E-state index >= 15 is 0 Å². The summed E-state index contributed by atoms with van der Waals surface area (Å²) in [6.45, 7) is 1.67. The highest BCUT2D eigenvalue weighted by Gasteiger charge is 2.45. The third kappa shape index (κ3) is 5.21. The highest BCUT2D eigenvalue weighted by atomic mass is 32.2. The lowest BCUT2D eigenvalue weighted by Crippen LogP contribution is -2.57. The van der Waals surface area contributed by atoms with Gasteiger partial charge in [-0.25, -0.2) is 0 Å². The van der Waals surface area contributed by atoms with E-state index in [-0.39, 0.29) is 24.1 Å². The molecule has 0 fully saturated rings. The van der Waals surface area contributed by atoms with Gasteiger partial charge in [0.2, 0.25) is 0 Å². The van der Waals surface area contributed by atoms with Crippen molar-refractivity contribution in [3.63, 3.8) is 0 Å². The van der Waals surface area contributed by atoms with Crippen LogP contribution in [-0.4, -0.2) is 42.1 Å². The standard InChI is InChI=1S/C27H26F3N3O2S/c1-26(25(35)31-20-12-14-21(15-13-20)32(2)3)17-36-23-7-5-4-6-22(23)24(34)33(26)16-18-8-10-19(11-9-18)27(28,29)30/h4-15H,16-17H2,1-3H3,(H,31,35). The Balaban J connectivity index is 1.67. The van der Waals surface area contributed by atoms with E-state index in [1.165, 1.54) is 28.8 Å². The van der Waals surface area contributed by atoms with Gasteiger partial charge in [0.15, 0.2) is 0 Å². The normalized spacial score (nSPS) is 17.8. The predicted octanol–water partition coefficient (Wildman–Crippen LogP) is 5.92. The summed E-state index contributed by atoms with van der Waals surface area (Å²) in [7, 11) is 3.83.